The van der Waals surface area contributed by atoms with Crippen molar-refractivity contribution in [1.82, 2.24) is 0 Å². The Morgan fingerprint density at radius 2 is 1.50 bits per heavy atom. The Hall–Kier alpha value is 1.57. The van der Waals surface area contributed by atoms with Crippen LogP contribution in [-0.4, -0.2) is 42.9 Å². The summed E-state index contributed by atoms with van der Waals surface area (Å²) in [6.07, 6.45) is 0.372. The first-order valence-electron chi connectivity index (χ1n) is 2.83. The molecule has 0 aliphatic rings. The first-order valence-corrected chi connectivity index (χ1v) is 4.37. The summed E-state index contributed by atoms with van der Waals surface area (Å²) < 4.78 is 0. The smallest absolute Gasteiger partial charge is 0.687 e. The van der Waals surface area contributed by atoms with Crippen molar-refractivity contribution in [2.24, 2.45) is 0 Å². The van der Waals surface area contributed by atoms with E-state index < -0.39 is 13.1 Å². The van der Waals surface area contributed by atoms with Gasteiger partial charge in [0.25, 0.3) is 0 Å². The van der Waals surface area contributed by atoms with Crippen LogP contribution in [0.2, 0.25) is 0 Å². The quantitative estimate of drug-likeness (QED) is 0.399. The van der Waals surface area contributed by atoms with Gasteiger partial charge < -0.3 is 14.7 Å². The maximum absolute atomic E-state index is 10.4. The second-order valence-corrected chi connectivity index (χ2v) is 4.87. The van der Waals surface area contributed by atoms with E-state index in [1.54, 1.807) is 6.92 Å². The van der Waals surface area contributed by atoms with Gasteiger partial charge in [-0.2, -0.15) is 7.94 Å². The Labute approximate surface area is 92.0 Å². The fourth-order valence-electron chi connectivity index (χ4n) is 0.194. The van der Waals surface area contributed by atoms with Crippen molar-refractivity contribution >= 4 is 45.7 Å². The maximum atomic E-state index is 10.4. The van der Waals surface area contributed by atoms with Gasteiger partial charge in [0.2, 0.25) is 0 Å². The Morgan fingerprint density at radius 1 is 1.20 bits per heavy atom. The van der Waals surface area contributed by atoms with Crippen LogP contribution in [0.1, 0.15) is 27.2 Å². The predicted molar refractivity (Wildman–Crippen MR) is 37.0 cm³/mol. The molecule has 0 fully saturated rings. The van der Waals surface area contributed by atoms with E-state index in [2.05, 4.69) is 0 Å². The zero-order valence-corrected chi connectivity index (χ0v) is 9.69. The molecule has 0 N–H and O–H groups in total. The van der Waals surface area contributed by atoms with E-state index in [-0.39, 0.29) is 37.7 Å². The first-order chi connectivity index (χ1) is 3.81. The van der Waals surface area contributed by atoms with E-state index in [0.717, 1.165) is 0 Å². The monoisotopic (exact) mass is 190 g/mol. The molecule has 0 rings (SSSR count). The molecule has 0 atom stereocenters. The van der Waals surface area contributed by atoms with Crippen molar-refractivity contribution in [3.8, 4) is 0 Å². The Bertz CT molecular complexity index is 99.6. The van der Waals surface area contributed by atoms with E-state index >= 15 is 0 Å². The molecule has 0 saturated heterocycles. The van der Waals surface area contributed by atoms with Crippen LogP contribution < -0.4 is 14.7 Å². The molecule has 0 unspecified atom stereocenters. The van der Waals surface area contributed by atoms with Crippen LogP contribution in [-0.2, 0) is 0 Å². The van der Waals surface area contributed by atoms with Gasteiger partial charge in [0.15, 0.2) is 0 Å². The van der Waals surface area contributed by atoms with Crippen LogP contribution in [0.15, 0.2) is 0 Å². The Kier molecular flexibility index (Phi) is 6.44. The zero-order chi connectivity index (χ0) is 7.71. The summed E-state index contributed by atoms with van der Waals surface area (Å²) in [7, 11) is -4.37. The van der Waals surface area contributed by atoms with Gasteiger partial charge in [-0.25, -0.2) is 0 Å². The molecule has 0 heterocycles. The summed E-state index contributed by atoms with van der Waals surface area (Å²) in [6.45, 7) is 4.56. The average Bonchev–Trinajstić information content (AvgIpc) is 1.64. The van der Waals surface area contributed by atoms with E-state index in [1.807, 2.05) is 0 Å². The molecule has 0 aliphatic heterocycles. The predicted octanol–water partition coefficient (Wildman–Crippen LogP) is -1.36. The van der Waals surface area contributed by atoms with Gasteiger partial charge in [-0.3, -0.25) is 0 Å². The van der Waals surface area contributed by atoms with Gasteiger partial charge >= 0.3 is 37.7 Å². The molecule has 5 heteroatoms. The third-order valence-electron chi connectivity index (χ3n) is 1.61. The number of hydrogen-bond acceptors (Lipinski definition) is 3. The van der Waals surface area contributed by atoms with Gasteiger partial charge in [-0.05, 0) is 20.3 Å². The summed E-state index contributed by atoms with van der Waals surface area (Å²) in [5.74, 6) is 0. The van der Waals surface area contributed by atoms with Crippen molar-refractivity contribution in [2.45, 2.75) is 32.3 Å². The summed E-state index contributed by atoms with van der Waals surface area (Å²) in [4.78, 5) is 31.1. The molecule has 0 aromatic carbocycles. The second-order valence-electron chi connectivity index (χ2n) is 2.66. The van der Waals surface area contributed by atoms with E-state index in [4.69, 9.17) is 0 Å². The van der Waals surface area contributed by atoms with Gasteiger partial charge in [0.1, 0.15) is 0 Å². The van der Waals surface area contributed by atoms with Crippen LogP contribution >= 0.6 is 7.94 Å². The fraction of sp³-hybridized carbons (Fsp3) is 1.00. The van der Waals surface area contributed by atoms with Crippen molar-refractivity contribution in [3.05, 3.63) is 0 Å². The number of rotatable bonds is 2. The molecule has 3 nitrogen and oxygen atoms in total. The SMILES string of the molecule is CCC(C)(C)[P+]([O-])([O-])[O-].[Ca+2]. The van der Waals surface area contributed by atoms with Gasteiger partial charge in [-0.1, -0.05) is 6.92 Å². The normalized spacial score (nSPS) is 12.6. The number of hydrogen-bond donors (Lipinski definition) is 0. The molecule has 0 bridgehead atoms. The molecule has 0 aromatic rings. The standard InChI is InChI=1S/C5H13O3P.Ca/c1-4-5(2,3)9(6,7)8;/h4H2,1-3H3,(H2,6,7,8);/q;+2/p-2. The first kappa shape index (κ1) is 14.1. The van der Waals surface area contributed by atoms with Crippen molar-refractivity contribution in [3.63, 3.8) is 0 Å². The minimum Gasteiger partial charge on any atom is -0.687 e. The molecule has 0 amide bonds. The summed E-state index contributed by atoms with van der Waals surface area (Å²) in [5, 5.41) is -1.08. The molecular weight excluding hydrogens is 179 g/mol. The van der Waals surface area contributed by atoms with Crippen LogP contribution in [0.5, 0.6) is 0 Å². The van der Waals surface area contributed by atoms with Crippen molar-refractivity contribution in [2.75, 3.05) is 0 Å². The van der Waals surface area contributed by atoms with Gasteiger partial charge in [0, 0.05) is 0 Å². The molecule has 0 spiro atoms. The third kappa shape index (κ3) is 3.82. The topological polar surface area (TPSA) is 69.2 Å². The minimum atomic E-state index is -4.37. The average molecular weight is 190 g/mol. The van der Waals surface area contributed by atoms with Crippen LogP contribution in [0.4, 0.5) is 0 Å². The second kappa shape index (κ2) is 4.56. The zero-order valence-electron chi connectivity index (χ0n) is 6.59. The van der Waals surface area contributed by atoms with E-state index in [9.17, 15) is 14.7 Å². The maximum Gasteiger partial charge on any atom is 2.00 e. The Balaban J connectivity index is 0. The summed E-state index contributed by atoms with van der Waals surface area (Å²) >= 11 is 0. The molecule has 56 valence electrons. The summed E-state index contributed by atoms with van der Waals surface area (Å²) in [6, 6.07) is 0. The van der Waals surface area contributed by atoms with Gasteiger partial charge in [-0.15, -0.1) is 0 Å². The molecular formula is C5H11CaO3P. The third-order valence-corrected chi connectivity index (χ3v) is 3.41. The fourth-order valence-corrected chi connectivity index (χ4v) is 0.581. The largest absolute Gasteiger partial charge is 2.00 e. The Morgan fingerprint density at radius 3 is 1.50 bits per heavy atom. The van der Waals surface area contributed by atoms with E-state index in [1.165, 1.54) is 13.8 Å². The molecule has 0 aromatic heterocycles. The molecule has 0 saturated carbocycles. The van der Waals surface area contributed by atoms with Crippen LogP contribution in [0, 0.1) is 0 Å². The van der Waals surface area contributed by atoms with Crippen LogP contribution in [0.25, 0.3) is 0 Å². The molecule has 10 heavy (non-hydrogen) atoms. The van der Waals surface area contributed by atoms with Crippen molar-refractivity contribution in [1.29, 1.82) is 0 Å². The summed E-state index contributed by atoms with van der Waals surface area (Å²) in [5.41, 5.74) is 0. The van der Waals surface area contributed by atoms with E-state index in [0.29, 0.717) is 6.42 Å². The van der Waals surface area contributed by atoms with Crippen LogP contribution in [0.3, 0.4) is 0 Å². The van der Waals surface area contributed by atoms with Gasteiger partial charge in [0.05, 0.1) is 5.16 Å². The van der Waals surface area contributed by atoms with Crippen molar-refractivity contribution < 1.29 is 14.7 Å². The molecule has 0 radical (unpaired) electrons. The molecule has 0 aliphatic carbocycles. The minimum absolute atomic E-state index is 0.